The molecule has 186 valence electrons. The Kier molecular flexibility index (Phi) is 9.00. The number of amides is 4. The van der Waals surface area contributed by atoms with E-state index in [4.69, 9.17) is 4.74 Å². The topological polar surface area (TPSA) is 96.0 Å². The highest BCUT2D eigenvalue weighted by atomic mass is 16.5. The van der Waals surface area contributed by atoms with E-state index < -0.39 is 6.04 Å². The first-order valence-electron chi connectivity index (χ1n) is 12.0. The van der Waals surface area contributed by atoms with Crippen LogP contribution in [0.1, 0.15) is 65.8 Å². The number of imide groups is 1. The van der Waals surface area contributed by atoms with Crippen LogP contribution in [0, 0.1) is 0 Å². The predicted molar refractivity (Wildman–Crippen MR) is 132 cm³/mol. The van der Waals surface area contributed by atoms with Crippen molar-refractivity contribution in [2.45, 2.75) is 52.1 Å². The van der Waals surface area contributed by atoms with Crippen molar-refractivity contribution in [2.24, 2.45) is 0 Å². The molecule has 1 N–H and O–H groups in total. The molecule has 1 aliphatic rings. The first kappa shape index (κ1) is 25.9. The van der Waals surface area contributed by atoms with E-state index >= 15 is 0 Å². The van der Waals surface area contributed by atoms with E-state index in [9.17, 15) is 19.2 Å². The van der Waals surface area contributed by atoms with E-state index in [1.54, 1.807) is 43.2 Å². The Morgan fingerprint density at radius 1 is 1.03 bits per heavy atom. The SMILES string of the molecule is CCCCNC(=O)C(C)N(Cc1cccc(OC)c1)C(=O)CCCN1C(=O)c2ccccc2C1=O. The lowest BCUT2D eigenvalue weighted by molar-refractivity contribution is -0.140. The zero-order chi connectivity index (χ0) is 25.4. The second-order valence-electron chi connectivity index (χ2n) is 8.60. The molecule has 0 aromatic heterocycles. The highest BCUT2D eigenvalue weighted by Gasteiger charge is 2.35. The van der Waals surface area contributed by atoms with Crippen molar-refractivity contribution in [3.63, 3.8) is 0 Å². The van der Waals surface area contributed by atoms with E-state index in [1.165, 1.54) is 4.90 Å². The van der Waals surface area contributed by atoms with Crippen LogP contribution in [0.25, 0.3) is 0 Å². The summed E-state index contributed by atoms with van der Waals surface area (Å²) in [6.45, 7) is 4.69. The van der Waals surface area contributed by atoms with Crippen molar-refractivity contribution < 1.29 is 23.9 Å². The molecule has 3 rings (SSSR count). The summed E-state index contributed by atoms with van der Waals surface area (Å²) in [4.78, 5) is 53.9. The molecule has 2 aromatic carbocycles. The first-order chi connectivity index (χ1) is 16.9. The molecule has 1 unspecified atom stereocenters. The lowest BCUT2D eigenvalue weighted by Gasteiger charge is -2.29. The fourth-order valence-electron chi connectivity index (χ4n) is 4.06. The van der Waals surface area contributed by atoms with Crippen molar-refractivity contribution in [1.29, 1.82) is 0 Å². The Labute approximate surface area is 206 Å². The molecule has 35 heavy (non-hydrogen) atoms. The van der Waals surface area contributed by atoms with E-state index in [0.29, 0.717) is 29.8 Å². The molecule has 0 radical (unpaired) electrons. The molecular formula is C27H33N3O5. The molecule has 0 spiro atoms. The van der Waals surface area contributed by atoms with Crippen LogP contribution in [-0.4, -0.2) is 59.7 Å². The molecular weight excluding hydrogens is 446 g/mol. The molecule has 0 bridgehead atoms. The van der Waals surface area contributed by atoms with Gasteiger partial charge in [-0.25, -0.2) is 0 Å². The third-order valence-electron chi connectivity index (χ3n) is 6.13. The average molecular weight is 480 g/mol. The van der Waals surface area contributed by atoms with Crippen molar-refractivity contribution in [2.75, 3.05) is 20.2 Å². The summed E-state index contributed by atoms with van der Waals surface area (Å²) < 4.78 is 5.29. The molecule has 0 fully saturated rings. The van der Waals surface area contributed by atoms with Crippen LogP contribution in [0.2, 0.25) is 0 Å². The highest BCUT2D eigenvalue weighted by molar-refractivity contribution is 6.21. The maximum atomic E-state index is 13.3. The van der Waals surface area contributed by atoms with Gasteiger partial charge in [0.05, 0.1) is 18.2 Å². The Morgan fingerprint density at radius 2 is 1.71 bits per heavy atom. The summed E-state index contributed by atoms with van der Waals surface area (Å²) in [6, 6.07) is 13.4. The van der Waals surface area contributed by atoms with E-state index in [2.05, 4.69) is 5.32 Å². The van der Waals surface area contributed by atoms with Crippen LogP contribution in [0.4, 0.5) is 0 Å². The molecule has 1 aliphatic heterocycles. The van der Waals surface area contributed by atoms with Gasteiger partial charge in [0.15, 0.2) is 0 Å². The van der Waals surface area contributed by atoms with Crippen LogP contribution in [0.3, 0.4) is 0 Å². The van der Waals surface area contributed by atoms with Crippen molar-refractivity contribution in [3.05, 3.63) is 65.2 Å². The van der Waals surface area contributed by atoms with Gasteiger partial charge in [-0.1, -0.05) is 37.6 Å². The minimum absolute atomic E-state index is 0.101. The van der Waals surface area contributed by atoms with Crippen molar-refractivity contribution in [1.82, 2.24) is 15.1 Å². The van der Waals surface area contributed by atoms with Gasteiger partial charge >= 0.3 is 0 Å². The first-order valence-corrected chi connectivity index (χ1v) is 12.0. The lowest BCUT2D eigenvalue weighted by atomic mass is 10.1. The number of rotatable bonds is 12. The Hall–Kier alpha value is -3.68. The second-order valence-corrected chi connectivity index (χ2v) is 8.60. The number of carbonyl (C=O) groups is 4. The lowest BCUT2D eigenvalue weighted by Crippen LogP contribution is -2.48. The van der Waals surface area contributed by atoms with Crippen molar-refractivity contribution in [3.8, 4) is 5.75 Å². The van der Waals surface area contributed by atoms with Crippen LogP contribution < -0.4 is 10.1 Å². The molecule has 8 nitrogen and oxygen atoms in total. The van der Waals surface area contributed by atoms with Gasteiger partial charge < -0.3 is 15.0 Å². The number of nitrogens with one attached hydrogen (secondary N) is 1. The number of hydrogen-bond donors (Lipinski definition) is 1. The number of benzene rings is 2. The molecule has 4 amide bonds. The number of hydrogen-bond acceptors (Lipinski definition) is 5. The van der Waals surface area contributed by atoms with E-state index in [1.807, 2.05) is 31.2 Å². The standard InChI is InChI=1S/C27H33N3O5/c1-4-5-15-28-25(32)19(2)30(18-20-10-8-11-21(17-20)35-3)24(31)14-9-16-29-26(33)22-12-6-7-13-23(22)27(29)34/h6-8,10-13,17,19H,4-5,9,14-16,18H2,1-3H3,(H,28,32). The third-order valence-corrected chi connectivity index (χ3v) is 6.13. The summed E-state index contributed by atoms with van der Waals surface area (Å²) in [7, 11) is 1.57. The van der Waals surface area contributed by atoms with Crippen LogP contribution in [0.5, 0.6) is 5.75 Å². The monoisotopic (exact) mass is 479 g/mol. The van der Waals surface area contributed by atoms with E-state index in [0.717, 1.165) is 18.4 Å². The molecule has 0 aliphatic carbocycles. The quantitative estimate of drug-likeness (QED) is 0.372. The number of methoxy groups -OCH3 is 1. The molecule has 1 heterocycles. The van der Waals surface area contributed by atoms with Gasteiger partial charge in [-0.05, 0) is 49.6 Å². The Morgan fingerprint density at radius 3 is 2.34 bits per heavy atom. The van der Waals surface area contributed by atoms with Gasteiger partial charge in [0.2, 0.25) is 11.8 Å². The zero-order valence-corrected chi connectivity index (χ0v) is 20.6. The van der Waals surface area contributed by atoms with Gasteiger partial charge in [0.1, 0.15) is 11.8 Å². The van der Waals surface area contributed by atoms with Gasteiger partial charge in [0, 0.05) is 26.1 Å². The van der Waals surface area contributed by atoms with Crippen LogP contribution in [0.15, 0.2) is 48.5 Å². The van der Waals surface area contributed by atoms with Crippen LogP contribution in [-0.2, 0) is 16.1 Å². The van der Waals surface area contributed by atoms with Crippen molar-refractivity contribution >= 4 is 23.6 Å². The fourth-order valence-corrected chi connectivity index (χ4v) is 4.06. The molecule has 8 heteroatoms. The maximum absolute atomic E-state index is 13.3. The summed E-state index contributed by atoms with van der Waals surface area (Å²) in [5.41, 5.74) is 1.62. The number of carbonyl (C=O) groups excluding carboxylic acids is 4. The Balaban J connectivity index is 1.67. The normalized spacial score (nSPS) is 13.4. The minimum Gasteiger partial charge on any atom is -0.497 e. The van der Waals surface area contributed by atoms with Gasteiger partial charge in [-0.3, -0.25) is 24.1 Å². The summed E-state index contributed by atoms with van der Waals surface area (Å²) in [6.07, 6.45) is 2.23. The zero-order valence-electron chi connectivity index (χ0n) is 20.6. The van der Waals surface area contributed by atoms with Crippen LogP contribution >= 0.6 is 0 Å². The molecule has 2 aromatic rings. The van der Waals surface area contributed by atoms with Gasteiger partial charge in [0.25, 0.3) is 11.8 Å². The summed E-state index contributed by atoms with van der Waals surface area (Å²) in [5.74, 6) is -0.442. The smallest absolute Gasteiger partial charge is 0.261 e. The predicted octanol–water partition coefficient (Wildman–Crippen LogP) is 3.41. The summed E-state index contributed by atoms with van der Waals surface area (Å²) in [5, 5.41) is 2.89. The third kappa shape index (κ3) is 6.26. The number of fused-ring (bicyclic) bond motifs is 1. The summed E-state index contributed by atoms with van der Waals surface area (Å²) >= 11 is 0. The number of unbranched alkanes of at least 4 members (excludes halogenated alkanes) is 1. The minimum atomic E-state index is -0.676. The fraction of sp³-hybridized carbons (Fsp3) is 0.407. The molecule has 0 saturated heterocycles. The maximum Gasteiger partial charge on any atom is 0.261 e. The largest absolute Gasteiger partial charge is 0.497 e. The molecule has 1 atom stereocenters. The van der Waals surface area contributed by atoms with E-state index in [-0.39, 0.29) is 43.1 Å². The average Bonchev–Trinajstić information content (AvgIpc) is 3.12. The van der Waals surface area contributed by atoms with Gasteiger partial charge in [-0.2, -0.15) is 0 Å². The molecule has 0 saturated carbocycles. The highest BCUT2D eigenvalue weighted by Crippen LogP contribution is 2.23. The van der Waals surface area contributed by atoms with Gasteiger partial charge in [-0.15, -0.1) is 0 Å². The number of ether oxygens (including phenoxy) is 1. The Bertz CT molecular complexity index is 1050. The second kappa shape index (κ2) is 12.1. The number of nitrogens with zero attached hydrogens (tertiary/aromatic N) is 2.